The monoisotopic (exact) mass is 319 g/mol. The lowest BCUT2D eigenvalue weighted by atomic mass is 10.2. The molecule has 3 aromatic rings. The number of carbonyl (C=O) groups is 1. The average Bonchev–Trinajstić information content (AvgIpc) is 3.10. The second kappa shape index (κ2) is 5.55. The highest BCUT2D eigenvalue weighted by atomic mass is 35.5. The smallest absolute Gasteiger partial charge is 0.275 e. The number of nitrogen functional groups attached to an aromatic ring is 1. The van der Waals surface area contributed by atoms with E-state index in [0.29, 0.717) is 21.5 Å². The fourth-order valence-electron chi connectivity index (χ4n) is 1.80. The summed E-state index contributed by atoms with van der Waals surface area (Å²) in [5, 5.41) is 9.38. The molecule has 0 radical (unpaired) electrons. The fourth-order valence-corrected chi connectivity index (χ4v) is 2.51. The van der Waals surface area contributed by atoms with Gasteiger partial charge >= 0.3 is 0 Å². The van der Waals surface area contributed by atoms with Gasteiger partial charge in [-0.05, 0) is 24.3 Å². The fraction of sp³-hybridized carbons (Fsp3) is 0. The Balaban J connectivity index is 1.94. The summed E-state index contributed by atoms with van der Waals surface area (Å²) in [6.07, 6.45) is 3.43. The number of nitrogens with one attached hydrogen (secondary N) is 1. The number of aromatic nitrogens is 3. The molecule has 0 bridgehead atoms. The summed E-state index contributed by atoms with van der Waals surface area (Å²) in [6.45, 7) is 0. The third-order valence-corrected chi connectivity index (χ3v) is 3.62. The average molecular weight is 320 g/mol. The van der Waals surface area contributed by atoms with Crippen molar-refractivity contribution in [3.05, 3.63) is 52.8 Å². The number of hydrogen-bond donors (Lipinski definition) is 2. The molecule has 0 aliphatic carbocycles. The number of amides is 1. The molecule has 0 saturated carbocycles. The van der Waals surface area contributed by atoms with Gasteiger partial charge in [0.15, 0.2) is 5.13 Å². The molecule has 2 aromatic heterocycles. The summed E-state index contributed by atoms with van der Waals surface area (Å²) in [6, 6.07) is 6.96. The van der Waals surface area contributed by atoms with Gasteiger partial charge in [-0.15, -0.1) is 11.3 Å². The van der Waals surface area contributed by atoms with Crippen LogP contribution in [0.2, 0.25) is 5.02 Å². The number of anilines is 2. The van der Waals surface area contributed by atoms with Crippen LogP contribution in [-0.4, -0.2) is 20.7 Å². The highest BCUT2D eigenvalue weighted by molar-refractivity contribution is 7.13. The van der Waals surface area contributed by atoms with Gasteiger partial charge in [0, 0.05) is 22.8 Å². The van der Waals surface area contributed by atoms with E-state index in [-0.39, 0.29) is 11.6 Å². The molecule has 3 N–H and O–H groups in total. The quantitative estimate of drug-likeness (QED) is 0.777. The molecule has 0 aliphatic heterocycles. The number of nitrogens with two attached hydrogens (primary N) is 1. The third kappa shape index (κ3) is 2.88. The maximum atomic E-state index is 12.2. The number of halogens is 1. The summed E-state index contributed by atoms with van der Waals surface area (Å²) < 4.78 is 1.64. The van der Waals surface area contributed by atoms with Crippen LogP contribution in [-0.2, 0) is 0 Å². The first kappa shape index (κ1) is 13.6. The zero-order valence-electron chi connectivity index (χ0n) is 10.7. The predicted octanol–water partition coefficient (Wildman–Crippen LogP) is 2.82. The zero-order chi connectivity index (χ0) is 14.8. The van der Waals surface area contributed by atoms with E-state index >= 15 is 0 Å². The third-order valence-electron chi connectivity index (χ3n) is 2.71. The molecule has 0 unspecified atom stereocenters. The Kier molecular flexibility index (Phi) is 3.59. The minimum absolute atomic E-state index is 0.267. The van der Waals surface area contributed by atoms with Gasteiger partial charge in [0.2, 0.25) is 0 Å². The Morgan fingerprint density at radius 2 is 2.29 bits per heavy atom. The van der Waals surface area contributed by atoms with Crippen molar-refractivity contribution in [2.75, 3.05) is 11.1 Å². The minimum atomic E-state index is -0.348. The first-order valence-electron chi connectivity index (χ1n) is 5.95. The SMILES string of the molecule is Nc1nc(C(=O)Nc2cc(Cl)ccc2-n2cccn2)cs1. The van der Waals surface area contributed by atoms with Gasteiger partial charge in [0.1, 0.15) is 5.69 Å². The Bertz CT molecular complexity index is 784. The van der Waals surface area contributed by atoms with E-state index in [2.05, 4.69) is 15.4 Å². The molecule has 21 heavy (non-hydrogen) atoms. The van der Waals surface area contributed by atoms with E-state index in [1.165, 1.54) is 11.3 Å². The van der Waals surface area contributed by atoms with E-state index in [1.54, 1.807) is 46.7 Å². The van der Waals surface area contributed by atoms with Crippen LogP contribution in [0.25, 0.3) is 5.69 Å². The highest BCUT2D eigenvalue weighted by Crippen LogP contribution is 2.25. The molecule has 8 heteroatoms. The van der Waals surface area contributed by atoms with Crippen molar-refractivity contribution in [2.45, 2.75) is 0 Å². The molecular weight excluding hydrogens is 310 g/mol. The number of rotatable bonds is 3. The zero-order valence-corrected chi connectivity index (χ0v) is 12.2. The van der Waals surface area contributed by atoms with Crippen molar-refractivity contribution in [3.63, 3.8) is 0 Å². The van der Waals surface area contributed by atoms with Gasteiger partial charge < -0.3 is 11.1 Å². The number of nitrogens with zero attached hydrogens (tertiary/aromatic N) is 3. The molecule has 0 saturated heterocycles. The summed E-state index contributed by atoms with van der Waals surface area (Å²) in [5.41, 5.74) is 7.05. The second-order valence-electron chi connectivity index (χ2n) is 4.14. The van der Waals surface area contributed by atoms with Gasteiger partial charge in [-0.25, -0.2) is 9.67 Å². The summed E-state index contributed by atoms with van der Waals surface area (Å²) in [5.74, 6) is -0.348. The molecule has 1 aromatic carbocycles. The summed E-state index contributed by atoms with van der Waals surface area (Å²) in [4.78, 5) is 16.1. The standard InChI is InChI=1S/C13H10ClN5OS/c14-8-2-3-11(19-5-1-4-16-19)9(6-8)17-12(20)10-7-21-13(15)18-10/h1-7H,(H2,15,18)(H,17,20). The van der Waals surface area contributed by atoms with Gasteiger partial charge in [0.25, 0.3) is 5.91 Å². The minimum Gasteiger partial charge on any atom is -0.375 e. The van der Waals surface area contributed by atoms with Crippen LogP contribution in [0.5, 0.6) is 0 Å². The number of carbonyl (C=O) groups excluding carboxylic acids is 1. The lowest BCUT2D eigenvalue weighted by Gasteiger charge is -2.11. The van der Waals surface area contributed by atoms with E-state index in [9.17, 15) is 4.79 Å². The Morgan fingerprint density at radius 1 is 1.43 bits per heavy atom. The molecular formula is C13H10ClN5OS. The molecule has 2 heterocycles. The van der Waals surface area contributed by atoms with Gasteiger partial charge in [0.05, 0.1) is 11.4 Å². The molecule has 3 rings (SSSR count). The van der Waals surface area contributed by atoms with Crippen LogP contribution in [0.1, 0.15) is 10.5 Å². The number of benzene rings is 1. The largest absolute Gasteiger partial charge is 0.375 e. The van der Waals surface area contributed by atoms with Crippen molar-refractivity contribution in [3.8, 4) is 5.69 Å². The highest BCUT2D eigenvalue weighted by Gasteiger charge is 2.13. The lowest BCUT2D eigenvalue weighted by Crippen LogP contribution is -2.14. The van der Waals surface area contributed by atoms with Crippen LogP contribution < -0.4 is 11.1 Å². The Morgan fingerprint density at radius 3 is 2.95 bits per heavy atom. The van der Waals surface area contributed by atoms with Gasteiger partial charge in [-0.2, -0.15) is 5.10 Å². The first-order chi connectivity index (χ1) is 10.1. The van der Waals surface area contributed by atoms with E-state index < -0.39 is 0 Å². The Labute approximate surface area is 129 Å². The molecule has 1 amide bonds. The molecule has 0 atom stereocenters. The van der Waals surface area contributed by atoms with Crippen molar-refractivity contribution in [1.29, 1.82) is 0 Å². The molecule has 0 fully saturated rings. The molecule has 0 spiro atoms. The van der Waals surface area contributed by atoms with E-state index in [4.69, 9.17) is 17.3 Å². The maximum Gasteiger partial charge on any atom is 0.275 e. The lowest BCUT2D eigenvalue weighted by molar-refractivity contribution is 0.102. The van der Waals surface area contributed by atoms with Crippen molar-refractivity contribution in [2.24, 2.45) is 0 Å². The van der Waals surface area contributed by atoms with Crippen LogP contribution in [0, 0.1) is 0 Å². The van der Waals surface area contributed by atoms with Crippen LogP contribution in [0.3, 0.4) is 0 Å². The van der Waals surface area contributed by atoms with E-state index in [1.807, 2.05) is 0 Å². The van der Waals surface area contributed by atoms with Crippen LogP contribution in [0.4, 0.5) is 10.8 Å². The Hall–Kier alpha value is -2.38. The first-order valence-corrected chi connectivity index (χ1v) is 7.21. The number of thiazole rings is 1. The molecule has 0 aliphatic rings. The van der Waals surface area contributed by atoms with Crippen molar-refractivity contribution in [1.82, 2.24) is 14.8 Å². The predicted molar refractivity (Wildman–Crippen MR) is 83.1 cm³/mol. The summed E-state index contributed by atoms with van der Waals surface area (Å²) in [7, 11) is 0. The maximum absolute atomic E-state index is 12.2. The summed E-state index contributed by atoms with van der Waals surface area (Å²) >= 11 is 7.21. The second-order valence-corrected chi connectivity index (χ2v) is 5.46. The van der Waals surface area contributed by atoms with Crippen LogP contribution >= 0.6 is 22.9 Å². The van der Waals surface area contributed by atoms with Gasteiger partial charge in [-0.3, -0.25) is 4.79 Å². The van der Waals surface area contributed by atoms with Gasteiger partial charge in [-0.1, -0.05) is 11.6 Å². The van der Waals surface area contributed by atoms with Crippen molar-refractivity contribution < 1.29 is 4.79 Å². The number of hydrogen-bond acceptors (Lipinski definition) is 5. The molecule has 106 valence electrons. The topological polar surface area (TPSA) is 85.8 Å². The molecule has 6 nitrogen and oxygen atoms in total. The normalized spacial score (nSPS) is 10.5. The van der Waals surface area contributed by atoms with E-state index in [0.717, 1.165) is 0 Å². The van der Waals surface area contributed by atoms with Crippen molar-refractivity contribution >= 4 is 39.7 Å². The van der Waals surface area contributed by atoms with Crippen LogP contribution in [0.15, 0.2) is 42.0 Å².